The lowest BCUT2D eigenvalue weighted by molar-refractivity contribution is -0.118. The summed E-state index contributed by atoms with van der Waals surface area (Å²) in [5, 5.41) is 5.44. The van der Waals surface area contributed by atoms with E-state index < -0.39 is 23.1 Å². The van der Waals surface area contributed by atoms with E-state index in [1.54, 1.807) is 11.5 Å². The van der Waals surface area contributed by atoms with Gasteiger partial charge in [0.15, 0.2) is 0 Å². The first-order chi connectivity index (χ1) is 14.6. The van der Waals surface area contributed by atoms with Crippen molar-refractivity contribution in [3.8, 4) is 0 Å². The van der Waals surface area contributed by atoms with Crippen molar-refractivity contribution >= 4 is 34.9 Å². The van der Waals surface area contributed by atoms with Crippen LogP contribution in [0.3, 0.4) is 0 Å². The fourth-order valence-electron chi connectivity index (χ4n) is 3.63. The lowest BCUT2D eigenvalue weighted by Gasteiger charge is -2.24. The van der Waals surface area contributed by atoms with Crippen LogP contribution < -0.4 is 10.6 Å². The number of ketones is 1. The molecule has 1 aliphatic heterocycles. The van der Waals surface area contributed by atoms with Gasteiger partial charge in [0.2, 0.25) is 0 Å². The van der Waals surface area contributed by atoms with Gasteiger partial charge in [0.25, 0.3) is 17.6 Å². The second-order valence-electron chi connectivity index (χ2n) is 8.53. The average molecular weight is 448 g/mol. The Morgan fingerprint density at radius 1 is 1.23 bits per heavy atom. The number of amides is 2. The molecule has 0 saturated heterocycles. The number of hydrogen-bond acceptors (Lipinski definition) is 3. The lowest BCUT2D eigenvalue weighted by Crippen LogP contribution is -2.46. The SMILES string of the molecule is CCC(C)(C)NC(=O)C(=O)c1c(Cl)c(C(=O)Nc2ccc(F)c(C)c2)c2n1CCCC2. The Kier molecular flexibility index (Phi) is 6.55. The van der Waals surface area contributed by atoms with Gasteiger partial charge in [-0.25, -0.2) is 4.39 Å². The van der Waals surface area contributed by atoms with Crippen molar-refractivity contribution in [1.82, 2.24) is 9.88 Å². The molecule has 3 rings (SSSR count). The first kappa shape index (κ1) is 23.0. The zero-order valence-corrected chi connectivity index (χ0v) is 19.0. The topological polar surface area (TPSA) is 80.2 Å². The summed E-state index contributed by atoms with van der Waals surface area (Å²) in [6, 6.07) is 4.26. The lowest BCUT2D eigenvalue weighted by atomic mass is 10.0. The van der Waals surface area contributed by atoms with E-state index in [0.717, 1.165) is 12.8 Å². The maximum atomic E-state index is 13.5. The number of hydrogen-bond donors (Lipinski definition) is 2. The number of rotatable bonds is 6. The number of aromatic nitrogens is 1. The highest BCUT2D eigenvalue weighted by Gasteiger charge is 2.34. The number of carbonyl (C=O) groups excluding carboxylic acids is 3. The number of nitrogens with one attached hydrogen (secondary N) is 2. The van der Waals surface area contributed by atoms with Gasteiger partial charge in [0.1, 0.15) is 11.5 Å². The molecule has 1 aromatic heterocycles. The van der Waals surface area contributed by atoms with Gasteiger partial charge in [0, 0.05) is 23.5 Å². The predicted molar refractivity (Wildman–Crippen MR) is 118 cm³/mol. The Bertz CT molecular complexity index is 1060. The molecule has 0 aliphatic carbocycles. The monoisotopic (exact) mass is 447 g/mol. The summed E-state index contributed by atoms with van der Waals surface area (Å²) in [6.45, 7) is 7.68. The van der Waals surface area contributed by atoms with E-state index in [1.807, 2.05) is 20.8 Å². The third-order valence-corrected chi connectivity index (χ3v) is 6.12. The number of nitrogens with zero attached hydrogens (tertiary/aromatic N) is 1. The maximum Gasteiger partial charge on any atom is 0.294 e. The van der Waals surface area contributed by atoms with Crippen LogP contribution >= 0.6 is 11.6 Å². The highest BCUT2D eigenvalue weighted by atomic mass is 35.5. The van der Waals surface area contributed by atoms with Crippen molar-refractivity contribution in [2.75, 3.05) is 5.32 Å². The van der Waals surface area contributed by atoms with Gasteiger partial charge < -0.3 is 15.2 Å². The molecule has 31 heavy (non-hydrogen) atoms. The standard InChI is InChI=1S/C23H27ClFN3O3/c1-5-23(3,4)27-22(31)20(29)19-18(24)17(16-8-6-7-11-28(16)19)21(30)26-14-9-10-15(25)13(2)12-14/h9-10,12H,5-8,11H2,1-4H3,(H,26,30)(H,27,31). The van der Waals surface area contributed by atoms with Crippen LogP contribution in [0.5, 0.6) is 0 Å². The second-order valence-corrected chi connectivity index (χ2v) is 8.91. The van der Waals surface area contributed by atoms with E-state index in [4.69, 9.17) is 11.6 Å². The zero-order chi connectivity index (χ0) is 22.9. The van der Waals surface area contributed by atoms with Crippen LogP contribution in [0.1, 0.15) is 72.1 Å². The molecule has 6 nitrogen and oxygen atoms in total. The minimum atomic E-state index is -0.758. The molecular formula is C23H27ClFN3O3. The van der Waals surface area contributed by atoms with Gasteiger partial charge in [-0.1, -0.05) is 18.5 Å². The van der Waals surface area contributed by atoms with Gasteiger partial charge in [0.05, 0.1) is 10.6 Å². The van der Waals surface area contributed by atoms with Crippen molar-refractivity contribution in [3.05, 3.63) is 51.6 Å². The van der Waals surface area contributed by atoms with E-state index in [0.29, 0.717) is 36.3 Å². The van der Waals surface area contributed by atoms with Crippen LogP contribution in [-0.2, 0) is 17.8 Å². The molecule has 0 radical (unpaired) electrons. The summed E-state index contributed by atoms with van der Waals surface area (Å²) >= 11 is 6.54. The molecule has 2 amide bonds. The molecule has 8 heteroatoms. The largest absolute Gasteiger partial charge is 0.344 e. The minimum absolute atomic E-state index is 0.0253. The first-order valence-corrected chi connectivity index (χ1v) is 10.8. The number of anilines is 1. The van der Waals surface area contributed by atoms with Crippen LogP contribution in [0.2, 0.25) is 5.02 Å². The van der Waals surface area contributed by atoms with Crippen LogP contribution in [0, 0.1) is 12.7 Å². The number of halogens is 2. The predicted octanol–water partition coefficient (Wildman–Crippen LogP) is 4.67. The van der Waals surface area contributed by atoms with Gasteiger partial charge in [-0.15, -0.1) is 0 Å². The van der Waals surface area contributed by atoms with E-state index in [9.17, 15) is 18.8 Å². The molecule has 1 aromatic carbocycles. The third-order valence-electron chi connectivity index (χ3n) is 5.76. The summed E-state index contributed by atoms with van der Waals surface area (Å²) in [7, 11) is 0. The molecule has 166 valence electrons. The van der Waals surface area contributed by atoms with Crippen molar-refractivity contribution in [2.24, 2.45) is 0 Å². The van der Waals surface area contributed by atoms with Gasteiger partial charge in [-0.3, -0.25) is 14.4 Å². The molecule has 0 fully saturated rings. The first-order valence-electron chi connectivity index (χ1n) is 10.4. The number of Topliss-reactive ketones (excluding diaryl/α,β-unsaturated/α-hetero) is 1. The third kappa shape index (κ3) is 4.66. The summed E-state index contributed by atoms with van der Waals surface area (Å²) in [5.74, 6) is -2.37. The second kappa shape index (κ2) is 8.83. The zero-order valence-electron chi connectivity index (χ0n) is 18.2. The van der Waals surface area contributed by atoms with Gasteiger partial charge in [-0.2, -0.15) is 0 Å². The highest BCUT2D eigenvalue weighted by molar-refractivity contribution is 6.48. The minimum Gasteiger partial charge on any atom is -0.344 e. The fourth-order valence-corrected chi connectivity index (χ4v) is 4.01. The quantitative estimate of drug-likeness (QED) is 0.499. The van der Waals surface area contributed by atoms with Crippen LogP contribution in [-0.4, -0.2) is 27.7 Å². The normalized spacial score (nSPS) is 13.5. The van der Waals surface area contributed by atoms with E-state index >= 15 is 0 Å². The van der Waals surface area contributed by atoms with Crippen molar-refractivity contribution < 1.29 is 18.8 Å². The molecule has 0 saturated carbocycles. The number of benzene rings is 1. The summed E-state index contributed by atoms with van der Waals surface area (Å²) in [5.41, 5.74) is 1.14. The number of aryl methyl sites for hydroxylation is 1. The van der Waals surface area contributed by atoms with Gasteiger partial charge >= 0.3 is 0 Å². The van der Waals surface area contributed by atoms with E-state index in [-0.39, 0.29) is 22.1 Å². The van der Waals surface area contributed by atoms with Gasteiger partial charge in [-0.05, 0) is 70.2 Å². The molecule has 0 unspecified atom stereocenters. The van der Waals surface area contributed by atoms with Crippen LogP contribution in [0.15, 0.2) is 18.2 Å². The summed E-state index contributed by atoms with van der Waals surface area (Å²) in [6.07, 6.45) is 2.88. The molecule has 2 aromatic rings. The Morgan fingerprint density at radius 3 is 2.58 bits per heavy atom. The summed E-state index contributed by atoms with van der Waals surface area (Å²) in [4.78, 5) is 38.7. The van der Waals surface area contributed by atoms with E-state index in [1.165, 1.54) is 18.2 Å². The number of fused-ring (bicyclic) bond motifs is 1. The van der Waals surface area contributed by atoms with Crippen LogP contribution in [0.25, 0.3) is 0 Å². The molecule has 0 bridgehead atoms. The van der Waals surface area contributed by atoms with Crippen molar-refractivity contribution in [3.63, 3.8) is 0 Å². The Hall–Kier alpha value is -2.67. The fraction of sp³-hybridized carbons (Fsp3) is 0.435. The Labute approximate surface area is 186 Å². The molecule has 2 N–H and O–H groups in total. The molecule has 0 spiro atoms. The van der Waals surface area contributed by atoms with Crippen LogP contribution in [0.4, 0.5) is 10.1 Å². The highest BCUT2D eigenvalue weighted by Crippen LogP contribution is 2.33. The molecule has 1 aliphatic rings. The van der Waals surface area contributed by atoms with Crippen molar-refractivity contribution in [1.29, 1.82) is 0 Å². The molecular weight excluding hydrogens is 421 g/mol. The van der Waals surface area contributed by atoms with Crippen molar-refractivity contribution in [2.45, 2.75) is 65.5 Å². The summed E-state index contributed by atoms with van der Waals surface area (Å²) < 4.78 is 15.2. The smallest absolute Gasteiger partial charge is 0.294 e. The maximum absolute atomic E-state index is 13.5. The molecule has 0 atom stereocenters. The Morgan fingerprint density at radius 2 is 1.94 bits per heavy atom. The molecule has 2 heterocycles. The Balaban J connectivity index is 1.98. The van der Waals surface area contributed by atoms with E-state index in [2.05, 4.69) is 10.6 Å². The average Bonchev–Trinajstić information content (AvgIpc) is 3.01. The number of carbonyl (C=O) groups is 3.